The van der Waals surface area contributed by atoms with E-state index in [2.05, 4.69) is 4.74 Å². The van der Waals surface area contributed by atoms with Gasteiger partial charge in [-0.2, -0.15) is 0 Å². The number of ether oxygens (including phenoxy) is 1. The van der Waals surface area contributed by atoms with Gasteiger partial charge in [-0.3, -0.25) is 33.8 Å². The Morgan fingerprint density at radius 2 is 1.88 bits per heavy atom. The van der Waals surface area contributed by atoms with Crippen LogP contribution < -0.4 is 10.5 Å². The maximum absolute atomic E-state index is 13.9. The number of carbonyl (C=O) groups excluding carboxylic acids is 5. The first-order chi connectivity index (χ1) is 20.0. The molecule has 1 heterocycles. The minimum Gasteiger partial charge on any atom is -0.507 e. The summed E-state index contributed by atoms with van der Waals surface area (Å²) >= 11 is 0. The third kappa shape index (κ3) is 4.74. The van der Waals surface area contributed by atoms with Crippen LogP contribution in [0.1, 0.15) is 60.1 Å². The molecule has 0 bridgehead atoms. The number of benzene rings is 1. The minimum atomic E-state index is -5.14. The first-order valence-electron chi connectivity index (χ1n) is 14.3. The molecule has 1 amide bonds. The quantitative estimate of drug-likeness (QED) is 0.400. The van der Waals surface area contributed by atoms with E-state index < -0.39 is 93.8 Å². The Balaban J connectivity index is 1.66. The molecule has 4 N–H and O–H groups in total. The number of aliphatic hydroxyl groups is 1. The van der Waals surface area contributed by atoms with Gasteiger partial charge in [0.1, 0.15) is 11.5 Å². The predicted molar refractivity (Wildman–Crippen MR) is 142 cm³/mol. The van der Waals surface area contributed by atoms with Gasteiger partial charge in [-0.15, -0.1) is 13.2 Å². The summed E-state index contributed by atoms with van der Waals surface area (Å²) < 4.78 is 46.0. The lowest BCUT2D eigenvalue weighted by atomic mass is 9.52. The fraction of sp³-hybridized carbons (Fsp3) is 0.621. The van der Waals surface area contributed by atoms with Crippen molar-refractivity contribution in [3.05, 3.63) is 22.8 Å². The third-order valence-corrected chi connectivity index (χ3v) is 9.49. The fourth-order valence-corrected chi connectivity index (χ4v) is 7.90. The number of halogens is 3. The number of aromatic hydroxyl groups is 1. The second-order valence-corrected chi connectivity index (χ2v) is 12.2. The van der Waals surface area contributed by atoms with Gasteiger partial charge in [0.25, 0.3) is 0 Å². The van der Waals surface area contributed by atoms with Gasteiger partial charge in [0, 0.05) is 23.1 Å². The van der Waals surface area contributed by atoms with E-state index >= 15 is 0 Å². The van der Waals surface area contributed by atoms with Crippen LogP contribution in [0, 0.1) is 23.7 Å². The van der Waals surface area contributed by atoms with Crippen molar-refractivity contribution in [2.45, 2.75) is 63.1 Å². The molecule has 2 saturated carbocycles. The summed E-state index contributed by atoms with van der Waals surface area (Å²) in [6.07, 6.45) is -3.83. The van der Waals surface area contributed by atoms with E-state index in [9.17, 15) is 47.4 Å². The average Bonchev–Trinajstić information content (AvgIpc) is 3.34. The molecule has 1 aliphatic heterocycles. The van der Waals surface area contributed by atoms with E-state index in [4.69, 9.17) is 5.73 Å². The molecule has 3 aliphatic carbocycles. The number of nitrogens with zero attached hydrogens (tertiary/aromatic N) is 2. The lowest BCUT2D eigenvalue weighted by molar-refractivity contribution is -0.275. The number of amides is 1. The van der Waals surface area contributed by atoms with Gasteiger partial charge in [0.15, 0.2) is 34.7 Å². The molecule has 3 fully saturated rings. The normalized spacial score (nSPS) is 32.9. The number of likely N-dealkylation sites (N-methyl/N-ethyl adjacent to an activating group) is 1. The number of nitrogens with two attached hydrogens (primary N) is 1. The predicted octanol–water partition coefficient (Wildman–Crippen LogP) is 1.31. The minimum absolute atomic E-state index is 0.0721. The summed E-state index contributed by atoms with van der Waals surface area (Å²) in [4.78, 5) is 69.9. The van der Waals surface area contributed by atoms with Crippen molar-refractivity contribution < 1.29 is 52.1 Å². The highest BCUT2D eigenvalue weighted by Crippen LogP contribution is 2.54. The second kappa shape index (κ2) is 10.7. The number of phenolic OH excluding ortho intramolecular Hbond substituents is 1. The van der Waals surface area contributed by atoms with E-state index in [1.54, 1.807) is 0 Å². The van der Waals surface area contributed by atoms with Gasteiger partial charge < -0.3 is 20.7 Å². The Bertz CT molecular complexity index is 1410. The SMILES string of the molecule is CCCN1CCCC1c1cc(O)c2c(c1OC(F)(F)F)CC1CC3C(N(C)C)C(=O)C(C(N)=O)C(=O)C3(O)C(=O)C1C2=O. The maximum Gasteiger partial charge on any atom is 0.573 e. The van der Waals surface area contributed by atoms with Gasteiger partial charge >= 0.3 is 6.36 Å². The van der Waals surface area contributed by atoms with Crippen molar-refractivity contribution >= 4 is 29.0 Å². The van der Waals surface area contributed by atoms with Crippen LogP contribution in [0.2, 0.25) is 0 Å². The van der Waals surface area contributed by atoms with E-state index in [1.807, 2.05) is 11.8 Å². The Kier molecular flexibility index (Phi) is 7.71. The summed E-state index contributed by atoms with van der Waals surface area (Å²) in [5.41, 5.74) is 1.69. The van der Waals surface area contributed by atoms with E-state index in [1.165, 1.54) is 19.0 Å². The second-order valence-electron chi connectivity index (χ2n) is 12.2. The van der Waals surface area contributed by atoms with Gasteiger partial charge in [0.2, 0.25) is 5.91 Å². The largest absolute Gasteiger partial charge is 0.573 e. The Morgan fingerprint density at radius 1 is 1.21 bits per heavy atom. The first kappa shape index (κ1) is 31.1. The summed E-state index contributed by atoms with van der Waals surface area (Å²) in [7, 11) is 2.88. The number of rotatable bonds is 6. The molecule has 11 nitrogen and oxygen atoms in total. The van der Waals surface area contributed by atoms with Crippen LogP contribution in [0.25, 0.3) is 0 Å². The van der Waals surface area contributed by atoms with Gasteiger partial charge in [-0.05, 0) is 71.3 Å². The van der Waals surface area contributed by atoms with Crippen LogP contribution in [0.15, 0.2) is 6.07 Å². The molecule has 1 aromatic rings. The lowest BCUT2D eigenvalue weighted by Gasteiger charge is -2.52. The molecule has 0 radical (unpaired) electrons. The number of Topliss-reactive ketones (excluding diaryl/α,β-unsaturated/α-hetero) is 4. The molecule has 0 aromatic heterocycles. The molecular formula is C29H34F3N3O8. The number of likely N-dealkylation sites (tertiary alicyclic amines) is 1. The van der Waals surface area contributed by atoms with Crippen LogP contribution in [-0.2, 0) is 25.6 Å². The molecule has 4 aliphatic rings. The fourth-order valence-electron chi connectivity index (χ4n) is 7.90. The maximum atomic E-state index is 13.9. The highest BCUT2D eigenvalue weighted by Gasteiger charge is 2.69. The Morgan fingerprint density at radius 3 is 2.47 bits per heavy atom. The highest BCUT2D eigenvalue weighted by molar-refractivity contribution is 6.32. The lowest BCUT2D eigenvalue weighted by Crippen LogP contribution is -2.74. The topological polar surface area (TPSA) is 168 Å². The zero-order valence-corrected chi connectivity index (χ0v) is 23.9. The molecule has 1 aromatic carbocycles. The van der Waals surface area contributed by atoms with Crippen LogP contribution in [-0.4, -0.2) is 94.2 Å². The molecule has 7 unspecified atom stereocenters. The zero-order chi connectivity index (χ0) is 31.8. The van der Waals surface area contributed by atoms with Crippen molar-refractivity contribution in [1.82, 2.24) is 9.80 Å². The van der Waals surface area contributed by atoms with Crippen molar-refractivity contribution in [3.63, 3.8) is 0 Å². The highest BCUT2D eigenvalue weighted by atomic mass is 19.4. The molecule has 1 saturated heterocycles. The van der Waals surface area contributed by atoms with Crippen molar-refractivity contribution in [2.24, 2.45) is 29.4 Å². The molecule has 14 heteroatoms. The van der Waals surface area contributed by atoms with Gasteiger partial charge in [-0.25, -0.2) is 0 Å². The average molecular weight is 610 g/mol. The number of alkyl halides is 3. The smallest absolute Gasteiger partial charge is 0.507 e. The Hall–Kier alpha value is -3.36. The summed E-state index contributed by atoms with van der Waals surface area (Å²) in [6.45, 7) is 3.15. The molecule has 43 heavy (non-hydrogen) atoms. The van der Waals surface area contributed by atoms with Crippen molar-refractivity contribution in [3.8, 4) is 11.5 Å². The summed E-state index contributed by atoms with van der Waals surface area (Å²) in [5, 5.41) is 22.7. The van der Waals surface area contributed by atoms with Crippen molar-refractivity contribution in [2.75, 3.05) is 27.2 Å². The number of hydrogen-bond donors (Lipinski definition) is 3. The van der Waals surface area contributed by atoms with Crippen LogP contribution >= 0.6 is 0 Å². The summed E-state index contributed by atoms with van der Waals surface area (Å²) in [5.74, 6) is -13.6. The number of primary amides is 1. The number of fused-ring (bicyclic) bond motifs is 3. The van der Waals surface area contributed by atoms with E-state index in [0.717, 1.165) is 12.5 Å². The molecule has 7 atom stereocenters. The molecule has 5 rings (SSSR count). The number of ketones is 4. The molecule has 0 spiro atoms. The van der Waals surface area contributed by atoms with Crippen LogP contribution in [0.3, 0.4) is 0 Å². The number of carbonyl (C=O) groups is 5. The van der Waals surface area contributed by atoms with Crippen LogP contribution in [0.5, 0.6) is 11.5 Å². The Labute approximate surface area is 245 Å². The standard InChI is InChI=1S/C29H34F3N3O8/c1-4-7-35-8-5-6-16(35)13-11-17(36)19-14(24(13)43-29(30,31)32)9-12-10-15-21(34(2)3)23(38)20(27(33)41)26(40)28(15,42)25(39)18(12)22(19)37/h11-12,15-16,18,20-21,36,42H,4-10H2,1-3H3,(H2,33,41). The van der Waals surface area contributed by atoms with E-state index in [0.29, 0.717) is 25.9 Å². The molecular weight excluding hydrogens is 575 g/mol. The molecule has 234 valence electrons. The van der Waals surface area contributed by atoms with Gasteiger partial charge in [-0.1, -0.05) is 6.92 Å². The number of hydrogen-bond acceptors (Lipinski definition) is 10. The van der Waals surface area contributed by atoms with Gasteiger partial charge in [0.05, 0.1) is 17.5 Å². The number of phenols is 1. The van der Waals surface area contributed by atoms with Crippen molar-refractivity contribution in [1.29, 1.82) is 0 Å². The monoisotopic (exact) mass is 609 g/mol. The summed E-state index contributed by atoms with van der Waals surface area (Å²) in [6, 6.07) is -0.776. The zero-order valence-electron chi connectivity index (χ0n) is 23.9. The first-order valence-corrected chi connectivity index (χ1v) is 14.3. The van der Waals surface area contributed by atoms with E-state index in [-0.39, 0.29) is 24.0 Å². The van der Waals surface area contributed by atoms with Crippen LogP contribution in [0.4, 0.5) is 13.2 Å². The third-order valence-electron chi connectivity index (χ3n) is 9.49.